The third kappa shape index (κ3) is 2.75. The Hall–Kier alpha value is -3.12. The molecule has 0 spiro atoms. The summed E-state index contributed by atoms with van der Waals surface area (Å²) in [6, 6.07) is 32.8. The van der Waals surface area contributed by atoms with Crippen molar-refractivity contribution in [2.75, 3.05) is 0 Å². The molecular formula is C29H26. The van der Waals surface area contributed by atoms with Crippen LogP contribution >= 0.6 is 0 Å². The van der Waals surface area contributed by atoms with Gasteiger partial charge in [-0.15, -0.1) is 0 Å². The summed E-state index contributed by atoms with van der Waals surface area (Å²) in [6.45, 7) is 7.09. The molecule has 4 aromatic rings. The van der Waals surface area contributed by atoms with Gasteiger partial charge in [0.1, 0.15) is 0 Å². The molecule has 5 rings (SSSR count). The van der Waals surface area contributed by atoms with Crippen LogP contribution in [0, 0.1) is 6.92 Å². The molecule has 0 radical (unpaired) electrons. The van der Waals surface area contributed by atoms with E-state index in [9.17, 15) is 0 Å². The minimum atomic E-state index is 0.575. The maximum atomic E-state index is 2.38. The summed E-state index contributed by atoms with van der Waals surface area (Å²) in [5.74, 6) is 1.17. The minimum absolute atomic E-state index is 0.575. The van der Waals surface area contributed by atoms with Crippen molar-refractivity contribution in [3.8, 4) is 33.4 Å². The van der Waals surface area contributed by atoms with Crippen molar-refractivity contribution in [1.29, 1.82) is 0 Å². The quantitative estimate of drug-likeness (QED) is 0.339. The predicted molar refractivity (Wildman–Crippen MR) is 124 cm³/mol. The number of rotatable bonds is 3. The molecule has 1 aliphatic carbocycles. The van der Waals surface area contributed by atoms with Gasteiger partial charge in [-0.05, 0) is 68.8 Å². The third-order valence-electron chi connectivity index (χ3n) is 6.69. The average molecular weight is 375 g/mol. The van der Waals surface area contributed by atoms with Crippen LogP contribution in [0.3, 0.4) is 0 Å². The lowest BCUT2D eigenvalue weighted by molar-refractivity contribution is 0.541. The molecule has 0 heteroatoms. The molecule has 29 heavy (non-hydrogen) atoms. The van der Waals surface area contributed by atoms with Crippen LogP contribution in [0.25, 0.3) is 33.4 Å². The van der Waals surface area contributed by atoms with Crippen LogP contribution in [0.2, 0.25) is 0 Å². The fraction of sp³-hybridized carbons (Fsp3) is 0.172. The van der Waals surface area contributed by atoms with Gasteiger partial charge in [0.25, 0.3) is 0 Å². The van der Waals surface area contributed by atoms with E-state index >= 15 is 0 Å². The molecule has 0 amide bonds. The second-order valence-electron chi connectivity index (χ2n) is 8.25. The van der Waals surface area contributed by atoms with Crippen LogP contribution in [0.5, 0.6) is 0 Å². The highest BCUT2D eigenvalue weighted by Gasteiger charge is 2.38. The first-order valence-corrected chi connectivity index (χ1v) is 10.5. The second kappa shape index (κ2) is 7.04. The Kier molecular flexibility index (Phi) is 4.36. The molecule has 4 aromatic carbocycles. The van der Waals surface area contributed by atoms with E-state index in [4.69, 9.17) is 0 Å². The van der Waals surface area contributed by atoms with Gasteiger partial charge in [-0.2, -0.15) is 0 Å². The van der Waals surface area contributed by atoms with Crippen molar-refractivity contribution in [3.05, 3.63) is 108 Å². The Morgan fingerprint density at radius 3 is 1.31 bits per heavy atom. The van der Waals surface area contributed by atoms with E-state index in [1.165, 1.54) is 38.9 Å². The molecule has 0 aliphatic heterocycles. The van der Waals surface area contributed by atoms with Crippen molar-refractivity contribution >= 4 is 0 Å². The number of hydrogen-bond acceptors (Lipinski definition) is 0. The topological polar surface area (TPSA) is 0 Å². The molecule has 0 heterocycles. The summed E-state index contributed by atoms with van der Waals surface area (Å²) >= 11 is 0. The Balaban J connectivity index is 1.97. The molecule has 1 aliphatic rings. The lowest BCUT2D eigenvalue weighted by Gasteiger charge is -2.41. The minimum Gasteiger partial charge on any atom is -0.0622 e. The van der Waals surface area contributed by atoms with Crippen molar-refractivity contribution in [1.82, 2.24) is 0 Å². The zero-order valence-electron chi connectivity index (χ0n) is 17.3. The van der Waals surface area contributed by atoms with Gasteiger partial charge in [0.15, 0.2) is 0 Å². The molecule has 0 saturated carbocycles. The molecule has 0 bridgehead atoms. The van der Waals surface area contributed by atoms with Gasteiger partial charge in [0.05, 0.1) is 0 Å². The van der Waals surface area contributed by atoms with Crippen molar-refractivity contribution in [2.45, 2.75) is 32.6 Å². The fourth-order valence-corrected chi connectivity index (χ4v) is 5.15. The smallest absolute Gasteiger partial charge is 0.00211 e. The van der Waals surface area contributed by atoms with Gasteiger partial charge in [-0.3, -0.25) is 0 Å². The van der Waals surface area contributed by atoms with E-state index < -0.39 is 0 Å². The van der Waals surface area contributed by atoms with Gasteiger partial charge in [-0.1, -0.05) is 105 Å². The number of fused-ring (bicyclic) bond motifs is 1. The van der Waals surface area contributed by atoms with Crippen LogP contribution in [0.1, 0.15) is 42.4 Å². The van der Waals surface area contributed by atoms with Gasteiger partial charge in [0.2, 0.25) is 0 Å². The maximum absolute atomic E-state index is 2.38. The summed E-state index contributed by atoms with van der Waals surface area (Å²) in [5.41, 5.74) is 12.6. The summed E-state index contributed by atoms with van der Waals surface area (Å²) in [6.07, 6.45) is 0. The average Bonchev–Trinajstić information content (AvgIpc) is 2.79. The Morgan fingerprint density at radius 2 is 0.828 bits per heavy atom. The van der Waals surface area contributed by atoms with Gasteiger partial charge in [0, 0.05) is 0 Å². The molecule has 142 valence electrons. The highest BCUT2D eigenvalue weighted by molar-refractivity contribution is 5.99. The summed E-state index contributed by atoms with van der Waals surface area (Å²) in [7, 11) is 0. The molecular weight excluding hydrogens is 348 g/mol. The monoisotopic (exact) mass is 374 g/mol. The summed E-state index contributed by atoms with van der Waals surface area (Å²) in [5, 5.41) is 0. The predicted octanol–water partition coefficient (Wildman–Crippen LogP) is 8.22. The van der Waals surface area contributed by atoms with E-state index in [-0.39, 0.29) is 0 Å². The van der Waals surface area contributed by atoms with Crippen molar-refractivity contribution in [2.24, 2.45) is 0 Å². The molecule has 0 aromatic heterocycles. The lowest BCUT2D eigenvalue weighted by atomic mass is 9.62. The summed E-state index contributed by atoms with van der Waals surface area (Å²) < 4.78 is 0. The van der Waals surface area contributed by atoms with E-state index in [0.717, 1.165) is 0 Å². The Bertz CT molecular complexity index is 1160. The van der Waals surface area contributed by atoms with Crippen LogP contribution in [0.4, 0.5) is 0 Å². The van der Waals surface area contributed by atoms with E-state index in [2.05, 4.69) is 112 Å². The molecule has 2 unspecified atom stereocenters. The molecule has 2 atom stereocenters. The first-order valence-electron chi connectivity index (χ1n) is 10.5. The van der Waals surface area contributed by atoms with E-state index in [1.54, 1.807) is 11.1 Å². The first kappa shape index (κ1) is 17.9. The van der Waals surface area contributed by atoms with Crippen molar-refractivity contribution in [3.63, 3.8) is 0 Å². The zero-order valence-corrected chi connectivity index (χ0v) is 17.3. The third-order valence-corrected chi connectivity index (χ3v) is 6.69. The standard InChI is InChI=1S/C29H26/c1-19-20(2)27-25(19)21(3)26(22-13-7-4-8-14-22)28(23-15-9-5-10-16-23)29(27)24-17-11-6-12-18-24/h4-20H,1-3H3. The van der Waals surface area contributed by atoms with Crippen LogP contribution < -0.4 is 0 Å². The zero-order chi connectivity index (χ0) is 20.0. The number of benzene rings is 4. The van der Waals surface area contributed by atoms with E-state index in [1.807, 2.05) is 0 Å². The van der Waals surface area contributed by atoms with Crippen LogP contribution in [-0.4, -0.2) is 0 Å². The van der Waals surface area contributed by atoms with Gasteiger partial charge >= 0.3 is 0 Å². The second-order valence-corrected chi connectivity index (χ2v) is 8.25. The molecule has 0 nitrogen and oxygen atoms in total. The number of hydrogen-bond donors (Lipinski definition) is 0. The normalized spacial score (nSPS) is 17.5. The first-order chi connectivity index (χ1) is 14.2. The van der Waals surface area contributed by atoms with Crippen LogP contribution in [0.15, 0.2) is 91.0 Å². The largest absolute Gasteiger partial charge is 0.0622 e. The van der Waals surface area contributed by atoms with Gasteiger partial charge < -0.3 is 0 Å². The highest BCUT2D eigenvalue weighted by atomic mass is 14.4. The van der Waals surface area contributed by atoms with Crippen LogP contribution in [-0.2, 0) is 0 Å². The Labute approximate surface area is 173 Å². The Morgan fingerprint density at radius 1 is 0.448 bits per heavy atom. The lowest BCUT2D eigenvalue weighted by Crippen LogP contribution is -2.23. The molecule has 0 saturated heterocycles. The molecule has 0 N–H and O–H groups in total. The summed E-state index contributed by atoms with van der Waals surface area (Å²) in [4.78, 5) is 0. The molecule has 0 fully saturated rings. The van der Waals surface area contributed by atoms with E-state index in [0.29, 0.717) is 11.8 Å². The van der Waals surface area contributed by atoms with Crippen molar-refractivity contribution < 1.29 is 0 Å². The maximum Gasteiger partial charge on any atom is -0.00211 e. The van der Waals surface area contributed by atoms with Gasteiger partial charge in [-0.25, -0.2) is 0 Å². The SMILES string of the molecule is Cc1c(-c2ccccc2)c(-c2ccccc2)c(-c2ccccc2)c2c1C(C)C2C. The highest BCUT2D eigenvalue weighted by Crippen LogP contribution is 2.57. The fourth-order valence-electron chi connectivity index (χ4n) is 5.15.